The maximum Gasteiger partial charge on any atom is 0.410 e. The Hall–Kier alpha value is -1.59. The molecule has 1 atom stereocenters. The second-order valence-corrected chi connectivity index (χ2v) is 5.89. The van der Waals surface area contributed by atoms with Gasteiger partial charge in [-0.05, 0) is 33.1 Å². The second kappa shape index (κ2) is 6.04. The summed E-state index contributed by atoms with van der Waals surface area (Å²) >= 11 is 0. The minimum absolute atomic E-state index is 0.0411. The third kappa shape index (κ3) is 5.72. The number of rotatable bonds is 4. The molecule has 0 aromatic heterocycles. The van der Waals surface area contributed by atoms with Crippen molar-refractivity contribution in [3.05, 3.63) is 0 Å². The number of hydrogen-bond acceptors (Lipinski definition) is 4. The molecule has 0 saturated carbocycles. The highest BCUT2D eigenvalue weighted by molar-refractivity contribution is 5.94. The number of Topliss-reactive ketones (excluding diaryl/α,β-unsaturated/α-hetero) is 1. The molecule has 0 spiro atoms. The first-order chi connectivity index (χ1) is 8.67. The first-order valence-electron chi connectivity index (χ1n) is 6.39. The van der Waals surface area contributed by atoms with Crippen LogP contribution in [0.25, 0.3) is 0 Å². The number of ketones is 1. The Kier molecular flexibility index (Phi) is 4.91. The molecule has 1 unspecified atom stereocenters. The zero-order valence-electron chi connectivity index (χ0n) is 11.6. The molecule has 1 N–H and O–H groups in total. The number of hydrogen-bond donors (Lipinski definition) is 1. The van der Waals surface area contributed by atoms with E-state index in [1.165, 1.54) is 0 Å². The van der Waals surface area contributed by atoms with Gasteiger partial charge in [0.2, 0.25) is 0 Å². The van der Waals surface area contributed by atoms with Crippen molar-refractivity contribution < 1.29 is 24.2 Å². The minimum atomic E-state index is -1.10. The summed E-state index contributed by atoms with van der Waals surface area (Å²) in [5.41, 5.74) is -0.533. The van der Waals surface area contributed by atoms with Crippen molar-refractivity contribution in [1.82, 2.24) is 4.90 Å². The van der Waals surface area contributed by atoms with Crippen LogP contribution in [0.2, 0.25) is 0 Å². The molecule has 0 aliphatic carbocycles. The van der Waals surface area contributed by atoms with Gasteiger partial charge in [-0.1, -0.05) is 0 Å². The van der Waals surface area contributed by atoms with Crippen molar-refractivity contribution >= 4 is 17.8 Å². The number of likely N-dealkylation sites (tertiary alicyclic amines) is 1. The van der Waals surface area contributed by atoms with E-state index in [0.717, 1.165) is 0 Å². The molecule has 1 heterocycles. The normalized spacial score (nSPS) is 19.3. The summed E-state index contributed by atoms with van der Waals surface area (Å²) in [6.07, 6.45) is 0.111. The van der Waals surface area contributed by atoms with E-state index in [2.05, 4.69) is 0 Å². The number of carboxylic acids is 1. The Morgan fingerprint density at radius 3 is 2.47 bits per heavy atom. The highest BCUT2D eigenvalue weighted by Crippen LogP contribution is 2.22. The van der Waals surface area contributed by atoms with E-state index in [1.807, 2.05) is 0 Å². The molecule has 1 saturated heterocycles. The lowest BCUT2D eigenvalue weighted by Gasteiger charge is -2.24. The Morgan fingerprint density at radius 2 is 1.95 bits per heavy atom. The highest BCUT2D eigenvalue weighted by Gasteiger charge is 2.30. The quantitative estimate of drug-likeness (QED) is 0.786. The molecule has 1 aliphatic rings. The topological polar surface area (TPSA) is 83.9 Å². The summed E-state index contributed by atoms with van der Waals surface area (Å²) < 4.78 is 5.25. The third-order valence-corrected chi connectivity index (χ3v) is 2.80. The second-order valence-electron chi connectivity index (χ2n) is 5.89. The Balaban J connectivity index is 2.39. The number of ether oxygens (including phenoxy) is 1. The van der Waals surface area contributed by atoms with Crippen LogP contribution in [-0.2, 0) is 14.3 Å². The molecule has 1 fully saturated rings. The SMILES string of the molecule is CC(C)(C)OC(=O)N1CCC(CC(=O)CC(=O)O)C1. The van der Waals surface area contributed by atoms with Gasteiger partial charge < -0.3 is 14.7 Å². The minimum Gasteiger partial charge on any atom is -0.481 e. The van der Waals surface area contributed by atoms with Crippen molar-refractivity contribution in [2.75, 3.05) is 13.1 Å². The van der Waals surface area contributed by atoms with Crippen molar-refractivity contribution in [2.24, 2.45) is 5.92 Å². The van der Waals surface area contributed by atoms with Gasteiger partial charge in [0.15, 0.2) is 0 Å². The number of amides is 1. The Labute approximate surface area is 112 Å². The van der Waals surface area contributed by atoms with E-state index in [-0.39, 0.29) is 24.2 Å². The largest absolute Gasteiger partial charge is 0.481 e. The van der Waals surface area contributed by atoms with Crippen LogP contribution in [0.4, 0.5) is 4.79 Å². The Bertz CT molecular complexity index is 372. The smallest absolute Gasteiger partial charge is 0.410 e. The van der Waals surface area contributed by atoms with Gasteiger partial charge in [0, 0.05) is 19.5 Å². The Morgan fingerprint density at radius 1 is 1.32 bits per heavy atom. The number of nitrogens with zero attached hydrogens (tertiary/aromatic N) is 1. The first-order valence-corrected chi connectivity index (χ1v) is 6.39. The van der Waals surface area contributed by atoms with E-state index in [1.54, 1.807) is 25.7 Å². The van der Waals surface area contributed by atoms with Crippen LogP contribution in [0.3, 0.4) is 0 Å². The molecule has 0 bridgehead atoms. The maximum absolute atomic E-state index is 11.8. The van der Waals surface area contributed by atoms with Crippen molar-refractivity contribution in [3.63, 3.8) is 0 Å². The lowest BCUT2D eigenvalue weighted by molar-refractivity contribution is -0.140. The van der Waals surface area contributed by atoms with Gasteiger partial charge >= 0.3 is 12.1 Å². The molecule has 108 valence electrons. The predicted octanol–water partition coefficient (Wildman–Crippen LogP) is 1.68. The fraction of sp³-hybridized carbons (Fsp3) is 0.769. The molecule has 0 aromatic rings. The van der Waals surface area contributed by atoms with Crippen molar-refractivity contribution in [1.29, 1.82) is 0 Å². The van der Waals surface area contributed by atoms with Gasteiger partial charge in [-0.3, -0.25) is 9.59 Å². The predicted molar refractivity (Wildman–Crippen MR) is 67.8 cm³/mol. The molecule has 1 aliphatic heterocycles. The fourth-order valence-corrected chi connectivity index (χ4v) is 2.05. The standard InChI is InChI=1S/C13H21NO5/c1-13(2,3)19-12(18)14-5-4-9(8-14)6-10(15)7-11(16)17/h9H,4-8H2,1-3H3,(H,16,17). The van der Waals surface area contributed by atoms with Crippen LogP contribution in [-0.4, -0.2) is 46.5 Å². The molecule has 19 heavy (non-hydrogen) atoms. The first kappa shape index (κ1) is 15.5. The van der Waals surface area contributed by atoms with Crippen LogP contribution in [0.15, 0.2) is 0 Å². The number of aliphatic carboxylic acids is 1. The average Bonchev–Trinajstić information content (AvgIpc) is 2.61. The van der Waals surface area contributed by atoms with Gasteiger partial charge in [-0.2, -0.15) is 0 Å². The maximum atomic E-state index is 11.8. The van der Waals surface area contributed by atoms with E-state index in [4.69, 9.17) is 9.84 Å². The molecule has 6 heteroatoms. The van der Waals surface area contributed by atoms with Crippen molar-refractivity contribution in [3.8, 4) is 0 Å². The van der Waals surface area contributed by atoms with Crippen molar-refractivity contribution in [2.45, 2.75) is 45.6 Å². The number of carbonyl (C=O) groups is 3. The fourth-order valence-electron chi connectivity index (χ4n) is 2.05. The molecule has 0 radical (unpaired) electrons. The summed E-state index contributed by atoms with van der Waals surface area (Å²) in [6.45, 7) is 6.42. The summed E-state index contributed by atoms with van der Waals surface area (Å²) in [7, 11) is 0. The molecule has 1 rings (SSSR count). The van der Waals surface area contributed by atoms with Gasteiger partial charge in [0.05, 0.1) is 0 Å². The molecule has 0 aromatic carbocycles. The van der Waals surface area contributed by atoms with Crippen LogP contribution in [0.5, 0.6) is 0 Å². The third-order valence-electron chi connectivity index (χ3n) is 2.80. The zero-order valence-corrected chi connectivity index (χ0v) is 11.6. The summed E-state index contributed by atoms with van der Waals surface area (Å²) in [5, 5.41) is 8.52. The van der Waals surface area contributed by atoms with Crippen LogP contribution in [0, 0.1) is 5.92 Å². The molecule has 6 nitrogen and oxygen atoms in total. The molecular formula is C13H21NO5. The van der Waals surface area contributed by atoms with Gasteiger partial charge in [0.1, 0.15) is 17.8 Å². The van der Waals surface area contributed by atoms with Gasteiger partial charge in [-0.25, -0.2) is 4.79 Å². The van der Waals surface area contributed by atoms with E-state index in [0.29, 0.717) is 19.5 Å². The number of carboxylic acid groups (broad SMARTS) is 1. The average molecular weight is 271 g/mol. The lowest BCUT2D eigenvalue weighted by Crippen LogP contribution is -2.35. The lowest BCUT2D eigenvalue weighted by atomic mass is 10.0. The van der Waals surface area contributed by atoms with Crippen LogP contribution < -0.4 is 0 Å². The summed E-state index contributed by atoms with van der Waals surface area (Å²) in [6, 6.07) is 0. The van der Waals surface area contributed by atoms with E-state index < -0.39 is 18.0 Å². The van der Waals surface area contributed by atoms with Gasteiger partial charge in [-0.15, -0.1) is 0 Å². The van der Waals surface area contributed by atoms with Crippen LogP contribution in [0.1, 0.15) is 40.0 Å². The summed E-state index contributed by atoms with van der Waals surface area (Å²) in [4.78, 5) is 35.2. The monoisotopic (exact) mass is 271 g/mol. The van der Waals surface area contributed by atoms with E-state index >= 15 is 0 Å². The van der Waals surface area contributed by atoms with Crippen LogP contribution >= 0.6 is 0 Å². The number of carbonyl (C=O) groups excluding carboxylic acids is 2. The molecular weight excluding hydrogens is 250 g/mol. The molecule has 1 amide bonds. The summed E-state index contributed by atoms with van der Waals surface area (Å²) in [5.74, 6) is -1.35. The zero-order chi connectivity index (χ0) is 14.6. The highest BCUT2D eigenvalue weighted by atomic mass is 16.6. The van der Waals surface area contributed by atoms with Gasteiger partial charge in [0.25, 0.3) is 0 Å². The van der Waals surface area contributed by atoms with E-state index in [9.17, 15) is 14.4 Å².